The number of carbonyl (C=O) groups excluding carboxylic acids is 1. The largest absolute Gasteiger partial charge is 1.00 e. The van der Waals surface area contributed by atoms with Crippen molar-refractivity contribution in [1.82, 2.24) is 0 Å². The minimum atomic E-state index is 0. The van der Waals surface area contributed by atoms with Gasteiger partial charge in [0, 0.05) is 12.8 Å². The van der Waals surface area contributed by atoms with Crippen molar-refractivity contribution in [1.29, 1.82) is 0 Å². The Balaban J connectivity index is 0. The van der Waals surface area contributed by atoms with E-state index in [1.807, 2.05) is 0 Å². The maximum absolute atomic E-state index is 10.4. The third-order valence-corrected chi connectivity index (χ3v) is 1.05. The standard InChI is InChI=1S/C5H8O2.Na.H/c6-5-1-3-7-4-2-5;;/h1-4H2;;/q;+1;-1. The second-order valence-corrected chi connectivity index (χ2v) is 1.65. The Morgan fingerprint density at radius 1 is 1.38 bits per heavy atom. The fourth-order valence-electron chi connectivity index (χ4n) is 0.599. The van der Waals surface area contributed by atoms with Crippen LogP contribution in [0.3, 0.4) is 0 Å². The molecule has 1 aliphatic heterocycles. The van der Waals surface area contributed by atoms with Gasteiger partial charge in [-0.05, 0) is 0 Å². The van der Waals surface area contributed by atoms with Crippen molar-refractivity contribution in [3.63, 3.8) is 0 Å². The van der Waals surface area contributed by atoms with Crippen molar-refractivity contribution in [3.8, 4) is 0 Å². The summed E-state index contributed by atoms with van der Waals surface area (Å²) in [6.45, 7) is 1.28. The second-order valence-electron chi connectivity index (χ2n) is 1.65. The van der Waals surface area contributed by atoms with Crippen LogP contribution in [0.4, 0.5) is 0 Å². The maximum atomic E-state index is 10.4. The molecule has 42 valence electrons. The smallest absolute Gasteiger partial charge is 1.00 e. The molecule has 1 heterocycles. The van der Waals surface area contributed by atoms with Crippen molar-refractivity contribution in [2.24, 2.45) is 0 Å². The van der Waals surface area contributed by atoms with Crippen molar-refractivity contribution in [3.05, 3.63) is 0 Å². The molecule has 1 saturated heterocycles. The van der Waals surface area contributed by atoms with Crippen LogP contribution in [0.15, 0.2) is 0 Å². The van der Waals surface area contributed by atoms with Crippen molar-refractivity contribution in [2.75, 3.05) is 13.2 Å². The van der Waals surface area contributed by atoms with Crippen molar-refractivity contribution in [2.45, 2.75) is 12.8 Å². The summed E-state index contributed by atoms with van der Waals surface area (Å²) in [5.41, 5.74) is 0. The van der Waals surface area contributed by atoms with Gasteiger partial charge in [-0.25, -0.2) is 0 Å². The SMILES string of the molecule is O=C1CCOCC1.[H-].[Na+]. The minimum Gasteiger partial charge on any atom is -1.00 e. The average molecular weight is 124 g/mol. The van der Waals surface area contributed by atoms with Gasteiger partial charge < -0.3 is 6.16 Å². The summed E-state index contributed by atoms with van der Waals surface area (Å²) in [6.07, 6.45) is 1.25. The molecule has 1 aliphatic rings. The van der Waals surface area contributed by atoms with E-state index >= 15 is 0 Å². The maximum Gasteiger partial charge on any atom is 1.00 e. The van der Waals surface area contributed by atoms with E-state index in [1.54, 1.807) is 0 Å². The van der Waals surface area contributed by atoms with Gasteiger partial charge in [0.15, 0.2) is 0 Å². The van der Waals surface area contributed by atoms with E-state index in [4.69, 9.17) is 4.74 Å². The zero-order valence-electron chi connectivity index (χ0n) is 6.14. The molecular weight excluding hydrogens is 115 g/mol. The summed E-state index contributed by atoms with van der Waals surface area (Å²) in [6, 6.07) is 0. The first-order chi connectivity index (χ1) is 3.39. The molecular formula is C5H9NaO2. The van der Waals surface area contributed by atoms with Gasteiger partial charge in [0.1, 0.15) is 5.78 Å². The Morgan fingerprint density at radius 3 is 2.12 bits per heavy atom. The first kappa shape index (κ1) is 8.63. The predicted octanol–water partition coefficient (Wildman–Crippen LogP) is -2.52. The molecule has 0 saturated carbocycles. The van der Waals surface area contributed by atoms with E-state index in [2.05, 4.69) is 0 Å². The van der Waals surface area contributed by atoms with Gasteiger partial charge in [0.25, 0.3) is 0 Å². The van der Waals surface area contributed by atoms with Crippen LogP contribution < -0.4 is 29.6 Å². The predicted molar refractivity (Wildman–Crippen MR) is 26.2 cm³/mol. The Bertz CT molecular complexity index is 79.0. The van der Waals surface area contributed by atoms with Gasteiger partial charge in [-0.2, -0.15) is 0 Å². The second kappa shape index (κ2) is 4.50. The van der Waals surface area contributed by atoms with Crippen LogP contribution in [0.1, 0.15) is 14.3 Å². The molecule has 1 fully saturated rings. The third-order valence-electron chi connectivity index (χ3n) is 1.05. The average Bonchev–Trinajstić information content (AvgIpc) is 1.69. The molecule has 0 bridgehead atoms. The van der Waals surface area contributed by atoms with E-state index in [0.717, 1.165) is 0 Å². The number of Topliss-reactive ketones (excluding diaryl/α,β-unsaturated/α-hetero) is 1. The minimum absolute atomic E-state index is 0. The molecule has 0 N–H and O–H groups in total. The van der Waals surface area contributed by atoms with Gasteiger partial charge in [0.05, 0.1) is 13.2 Å². The molecule has 3 heteroatoms. The molecule has 0 aromatic rings. The molecule has 0 atom stereocenters. The van der Waals surface area contributed by atoms with E-state index in [0.29, 0.717) is 31.8 Å². The van der Waals surface area contributed by atoms with Crippen LogP contribution in [-0.2, 0) is 9.53 Å². The summed E-state index contributed by atoms with van der Waals surface area (Å²) in [4.78, 5) is 10.4. The third kappa shape index (κ3) is 2.82. The van der Waals surface area contributed by atoms with Gasteiger partial charge >= 0.3 is 29.6 Å². The van der Waals surface area contributed by atoms with Gasteiger partial charge in [-0.15, -0.1) is 0 Å². The molecule has 0 amide bonds. The zero-order valence-corrected chi connectivity index (χ0v) is 7.14. The van der Waals surface area contributed by atoms with Gasteiger partial charge in [-0.1, -0.05) is 0 Å². The van der Waals surface area contributed by atoms with Crippen LogP contribution in [0.2, 0.25) is 0 Å². The zero-order chi connectivity index (χ0) is 5.11. The Hall–Kier alpha value is 0.630. The molecule has 0 aromatic carbocycles. The molecule has 1 rings (SSSR count). The first-order valence-corrected chi connectivity index (χ1v) is 2.49. The van der Waals surface area contributed by atoms with Crippen LogP contribution in [0.5, 0.6) is 0 Å². The molecule has 2 nitrogen and oxygen atoms in total. The fourth-order valence-corrected chi connectivity index (χ4v) is 0.599. The number of carbonyl (C=O) groups is 1. The summed E-state index contributed by atoms with van der Waals surface area (Å²) in [5, 5.41) is 0. The topological polar surface area (TPSA) is 26.3 Å². The van der Waals surface area contributed by atoms with Gasteiger partial charge in [0.2, 0.25) is 0 Å². The van der Waals surface area contributed by atoms with E-state index in [-0.39, 0.29) is 31.0 Å². The summed E-state index contributed by atoms with van der Waals surface area (Å²) in [7, 11) is 0. The number of ether oxygens (including phenoxy) is 1. The summed E-state index contributed by atoms with van der Waals surface area (Å²) in [5.74, 6) is 0.339. The van der Waals surface area contributed by atoms with Crippen LogP contribution in [0, 0.1) is 0 Å². The molecule has 0 spiro atoms. The van der Waals surface area contributed by atoms with Crippen LogP contribution in [0.25, 0.3) is 0 Å². The van der Waals surface area contributed by atoms with Crippen LogP contribution in [-0.4, -0.2) is 19.0 Å². The monoisotopic (exact) mass is 124 g/mol. The van der Waals surface area contributed by atoms with E-state index < -0.39 is 0 Å². The Kier molecular flexibility index (Phi) is 4.86. The molecule has 8 heavy (non-hydrogen) atoms. The number of ketones is 1. The normalized spacial score (nSPS) is 19.8. The Morgan fingerprint density at radius 2 is 1.88 bits per heavy atom. The molecule has 0 radical (unpaired) electrons. The fraction of sp³-hybridized carbons (Fsp3) is 0.800. The molecule has 0 aromatic heterocycles. The van der Waals surface area contributed by atoms with Crippen LogP contribution >= 0.6 is 0 Å². The Labute approximate surface area is 72.4 Å². The van der Waals surface area contributed by atoms with Crippen molar-refractivity contribution < 1.29 is 40.5 Å². The first-order valence-electron chi connectivity index (χ1n) is 2.49. The summed E-state index contributed by atoms with van der Waals surface area (Å²) >= 11 is 0. The quantitative estimate of drug-likeness (QED) is 0.333. The molecule has 0 unspecified atom stereocenters. The van der Waals surface area contributed by atoms with Gasteiger partial charge in [-0.3, -0.25) is 4.79 Å². The number of hydrogen-bond acceptors (Lipinski definition) is 2. The number of rotatable bonds is 0. The van der Waals surface area contributed by atoms with E-state index in [9.17, 15) is 4.79 Å². The van der Waals surface area contributed by atoms with E-state index in [1.165, 1.54) is 0 Å². The molecule has 0 aliphatic carbocycles. The number of hydrogen-bond donors (Lipinski definition) is 0. The summed E-state index contributed by atoms with van der Waals surface area (Å²) < 4.78 is 4.92. The van der Waals surface area contributed by atoms with Crippen molar-refractivity contribution >= 4 is 5.78 Å².